The number of nitrogens with zero attached hydrogens (tertiary/aromatic N) is 3. The van der Waals surface area contributed by atoms with Crippen molar-refractivity contribution in [1.29, 1.82) is 0 Å². The molecule has 5 rings (SSSR count). The highest BCUT2D eigenvalue weighted by molar-refractivity contribution is 9.10. The molecule has 1 aromatic heterocycles. The van der Waals surface area contributed by atoms with Crippen molar-refractivity contribution in [2.75, 3.05) is 38.5 Å². The largest absolute Gasteiger partial charge is 0.338 e. The highest BCUT2D eigenvalue weighted by Gasteiger charge is 2.30. The van der Waals surface area contributed by atoms with E-state index in [1.165, 1.54) is 4.90 Å². The molecule has 3 aromatic carbocycles. The second-order valence-corrected chi connectivity index (χ2v) is 11.7. The van der Waals surface area contributed by atoms with Crippen LogP contribution in [0.5, 0.6) is 0 Å². The number of hydrogen-bond acceptors (Lipinski definition) is 5. The average Bonchev–Trinajstić information content (AvgIpc) is 2.86. The lowest BCUT2D eigenvalue weighted by Crippen LogP contribution is -3.12. The molecule has 35 heavy (non-hydrogen) atoms. The van der Waals surface area contributed by atoms with Gasteiger partial charge in [-0.1, -0.05) is 52.3 Å². The Morgan fingerprint density at radius 3 is 2.34 bits per heavy atom. The van der Waals surface area contributed by atoms with Crippen molar-refractivity contribution in [3.05, 3.63) is 76.8 Å². The zero-order valence-electron chi connectivity index (χ0n) is 19.6. The van der Waals surface area contributed by atoms with Gasteiger partial charge in [0.25, 0.3) is 0 Å². The molecule has 0 aliphatic carbocycles. The molecule has 180 valence electrons. The summed E-state index contributed by atoms with van der Waals surface area (Å²) in [7, 11) is -1.50. The normalized spacial score (nSPS) is 15.4. The van der Waals surface area contributed by atoms with E-state index in [-0.39, 0.29) is 0 Å². The average molecular weight is 554 g/mol. The van der Waals surface area contributed by atoms with E-state index in [4.69, 9.17) is 0 Å². The summed E-state index contributed by atoms with van der Waals surface area (Å²) in [4.78, 5) is 1.68. The van der Waals surface area contributed by atoms with Gasteiger partial charge in [0.15, 0.2) is 5.82 Å². The first-order valence-corrected chi connectivity index (χ1v) is 13.8. The summed E-state index contributed by atoms with van der Waals surface area (Å²) >= 11 is 3.46. The number of aromatic nitrogens is 2. The van der Waals surface area contributed by atoms with Gasteiger partial charge in [0, 0.05) is 26.5 Å². The number of hydrogen-bond donors (Lipinski definition) is 2. The highest BCUT2D eigenvalue weighted by Crippen LogP contribution is 2.33. The fourth-order valence-corrected chi connectivity index (χ4v) is 6.31. The lowest BCUT2D eigenvalue weighted by atomic mass is 10.0. The van der Waals surface area contributed by atoms with E-state index in [0.29, 0.717) is 29.5 Å². The topological polar surface area (TPSA) is 79.6 Å². The van der Waals surface area contributed by atoms with E-state index in [9.17, 15) is 8.42 Å². The number of sulfonamides is 1. The summed E-state index contributed by atoms with van der Waals surface area (Å²) < 4.78 is 29.6. The van der Waals surface area contributed by atoms with Crippen LogP contribution in [0.25, 0.3) is 22.0 Å². The Hall–Kier alpha value is -2.85. The lowest BCUT2D eigenvalue weighted by Gasteiger charge is -2.29. The number of halogens is 1. The zero-order valence-corrected chi connectivity index (χ0v) is 22.0. The van der Waals surface area contributed by atoms with Gasteiger partial charge in [0.2, 0.25) is 10.0 Å². The van der Waals surface area contributed by atoms with Crippen LogP contribution < -0.4 is 10.2 Å². The Morgan fingerprint density at radius 1 is 0.943 bits per heavy atom. The Morgan fingerprint density at radius 2 is 1.63 bits per heavy atom. The summed E-state index contributed by atoms with van der Waals surface area (Å²) in [5.41, 5.74) is 3.01. The third kappa shape index (κ3) is 4.81. The van der Waals surface area contributed by atoms with E-state index in [1.54, 1.807) is 10.4 Å². The van der Waals surface area contributed by atoms with E-state index < -0.39 is 10.0 Å². The minimum absolute atomic E-state index is 0.331. The van der Waals surface area contributed by atoms with E-state index in [1.807, 2.05) is 67.6 Å². The number of quaternary nitrogens is 1. The number of nitrogens with one attached hydrogen (secondary N) is 2. The minimum atomic E-state index is -3.60. The third-order valence-corrected chi connectivity index (χ3v) is 9.02. The van der Waals surface area contributed by atoms with Crippen LogP contribution in [0.2, 0.25) is 0 Å². The van der Waals surface area contributed by atoms with Crippen molar-refractivity contribution in [3.63, 3.8) is 0 Å². The van der Waals surface area contributed by atoms with Gasteiger partial charge >= 0.3 is 0 Å². The van der Waals surface area contributed by atoms with Gasteiger partial charge in [-0.3, -0.25) is 0 Å². The molecule has 2 N–H and O–H groups in total. The quantitative estimate of drug-likeness (QED) is 0.395. The molecule has 1 aliphatic heterocycles. The first-order chi connectivity index (χ1) is 16.8. The van der Waals surface area contributed by atoms with Gasteiger partial charge in [0.1, 0.15) is 5.69 Å². The fourth-order valence-electron chi connectivity index (χ4n) is 4.35. The van der Waals surface area contributed by atoms with Gasteiger partial charge < -0.3 is 10.2 Å². The molecule has 4 aromatic rings. The summed E-state index contributed by atoms with van der Waals surface area (Å²) in [5, 5.41) is 14.2. The van der Waals surface area contributed by atoms with Crippen molar-refractivity contribution in [2.45, 2.75) is 11.8 Å². The van der Waals surface area contributed by atoms with Gasteiger partial charge in [-0.05, 0) is 42.8 Å². The SMILES string of the molecule is Cc1ccc(-c2nnc(Nc3ccc(Br)cc3)c3ccccc23)cc1S(=O)(=O)N1CC[NH+](C)CC1. The number of rotatable bonds is 5. The third-order valence-electron chi connectivity index (χ3n) is 6.45. The number of fused-ring (bicyclic) bond motifs is 1. The second-order valence-electron chi connectivity index (χ2n) is 8.92. The van der Waals surface area contributed by atoms with Crippen LogP contribution in [0.15, 0.2) is 76.1 Å². The van der Waals surface area contributed by atoms with E-state index in [0.717, 1.165) is 45.1 Å². The van der Waals surface area contributed by atoms with E-state index >= 15 is 0 Å². The van der Waals surface area contributed by atoms with Gasteiger partial charge in [0.05, 0.1) is 38.1 Å². The molecule has 0 atom stereocenters. The predicted octanol–water partition coefficient (Wildman–Crippen LogP) is 3.63. The predicted molar refractivity (Wildman–Crippen MR) is 143 cm³/mol. The maximum absolute atomic E-state index is 13.5. The molecule has 0 radical (unpaired) electrons. The standard InChI is InChI=1S/C26H26BrN5O2S/c1-18-7-8-19(17-24(18)35(33,34)32-15-13-31(2)14-16-32)25-22-5-3-4-6-23(22)26(30-29-25)28-21-11-9-20(27)10-12-21/h3-12,17H,13-16H2,1-2H3,(H,28,30)/p+1. The Labute approximate surface area is 214 Å². The van der Waals surface area contributed by atoms with Crippen molar-refractivity contribution >= 4 is 48.2 Å². The molecule has 2 heterocycles. The van der Waals surface area contributed by atoms with Crippen LogP contribution in [0, 0.1) is 6.92 Å². The fraction of sp³-hybridized carbons (Fsp3) is 0.231. The lowest BCUT2D eigenvalue weighted by molar-refractivity contribution is -0.883. The van der Waals surface area contributed by atoms with Crippen LogP contribution in [-0.2, 0) is 10.0 Å². The molecule has 0 spiro atoms. The molecule has 0 unspecified atom stereocenters. The number of benzene rings is 3. The Balaban J connectivity index is 1.55. The maximum Gasteiger partial charge on any atom is 0.243 e. The van der Waals surface area contributed by atoms with E-state index in [2.05, 4.69) is 38.5 Å². The number of likely N-dealkylation sites (N-methyl/N-ethyl adjacent to an activating group) is 1. The van der Waals surface area contributed by atoms with Crippen molar-refractivity contribution in [3.8, 4) is 11.3 Å². The smallest absolute Gasteiger partial charge is 0.243 e. The molecular weight excluding hydrogens is 526 g/mol. The Kier molecular flexibility index (Phi) is 6.59. The van der Waals surface area contributed by atoms with Crippen LogP contribution >= 0.6 is 15.9 Å². The van der Waals surface area contributed by atoms with Crippen LogP contribution in [0.1, 0.15) is 5.56 Å². The summed E-state index contributed by atoms with van der Waals surface area (Å²) in [6.07, 6.45) is 0. The summed E-state index contributed by atoms with van der Waals surface area (Å²) in [6, 6.07) is 21.3. The first-order valence-electron chi connectivity index (χ1n) is 11.5. The van der Waals surface area contributed by atoms with Crippen LogP contribution in [0.3, 0.4) is 0 Å². The molecule has 0 amide bonds. The molecule has 1 saturated heterocycles. The molecule has 1 fully saturated rings. The van der Waals surface area contributed by atoms with Crippen molar-refractivity contribution in [1.82, 2.24) is 14.5 Å². The monoisotopic (exact) mass is 552 g/mol. The highest BCUT2D eigenvalue weighted by atomic mass is 79.9. The number of anilines is 2. The van der Waals surface area contributed by atoms with Crippen LogP contribution in [-0.4, -0.2) is 56.1 Å². The molecule has 7 nitrogen and oxygen atoms in total. The number of aryl methyl sites for hydroxylation is 1. The van der Waals surface area contributed by atoms with Gasteiger partial charge in [-0.2, -0.15) is 4.31 Å². The molecular formula is C26H27BrN5O2S+. The maximum atomic E-state index is 13.5. The van der Waals surface area contributed by atoms with Gasteiger partial charge in [-0.15, -0.1) is 10.2 Å². The molecule has 0 bridgehead atoms. The van der Waals surface area contributed by atoms with Crippen LogP contribution in [0.4, 0.5) is 11.5 Å². The minimum Gasteiger partial charge on any atom is -0.338 e. The summed E-state index contributed by atoms with van der Waals surface area (Å²) in [5.74, 6) is 0.645. The molecule has 1 aliphatic rings. The number of piperazine rings is 1. The molecule has 9 heteroatoms. The van der Waals surface area contributed by atoms with Crippen molar-refractivity contribution < 1.29 is 13.3 Å². The van der Waals surface area contributed by atoms with Gasteiger partial charge in [-0.25, -0.2) is 8.42 Å². The first kappa shape index (κ1) is 23.9. The van der Waals surface area contributed by atoms with Crippen molar-refractivity contribution in [2.24, 2.45) is 0 Å². The summed E-state index contributed by atoms with van der Waals surface area (Å²) in [6.45, 7) is 4.50. The second kappa shape index (κ2) is 9.66. The Bertz CT molecular complexity index is 1480. The zero-order chi connectivity index (χ0) is 24.6. The molecule has 0 saturated carbocycles.